The van der Waals surface area contributed by atoms with Crippen LogP contribution in [-0.2, 0) is 6.42 Å². The van der Waals surface area contributed by atoms with Crippen LogP contribution in [0.4, 0.5) is 0 Å². The van der Waals surface area contributed by atoms with E-state index in [-0.39, 0.29) is 17.6 Å². The molecule has 1 aliphatic heterocycles. The number of benzene rings is 2. The van der Waals surface area contributed by atoms with E-state index >= 15 is 0 Å². The number of nitrogens with zero attached hydrogens (tertiary/aromatic N) is 2. The SMILES string of the molecule is CN=C(NCCc1cccc(C(=O)N(C)C)c1)NC1CC2(CCCC2)Oc2ccccc21. The Balaban J connectivity index is 1.39. The maximum Gasteiger partial charge on any atom is 0.253 e. The number of para-hydroxylation sites is 1. The summed E-state index contributed by atoms with van der Waals surface area (Å²) < 4.78 is 6.48. The summed E-state index contributed by atoms with van der Waals surface area (Å²) in [7, 11) is 5.36. The summed E-state index contributed by atoms with van der Waals surface area (Å²) in [5, 5.41) is 7.09. The van der Waals surface area contributed by atoms with Gasteiger partial charge in [-0.1, -0.05) is 30.3 Å². The molecule has 1 atom stereocenters. The van der Waals surface area contributed by atoms with Gasteiger partial charge in [-0.2, -0.15) is 0 Å². The number of rotatable bonds is 5. The standard InChI is InChI=1S/C26H34N4O2/c1-27-25(28-16-13-19-9-8-10-20(17-19)24(31)30(2)3)29-22-18-26(14-6-7-15-26)32-23-12-5-4-11-21(22)23/h4-5,8-12,17,22H,6-7,13-16,18H2,1-3H3,(H2,27,28,29). The molecule has 0 saturated heterocycles. The zero-order chi connectivity index (χ0) is 22.6. The molecular formula is C26H34N4O2. The summed E-state index contributed by atoms with van der Waals surface area (Å²) in [4.78, 5) is 18.3. The normalized spacial score (nSPS) is 19.2. The maximum absolute atomic E-state index is 12.2. The van der Waals surface area contributed by atoms with Gasteiger partial charge in [0.1, 0.15) is 11.4 Å². The molecule has 1 heterocycles. The summed E-state index contributed by atoms with van der Waals surface area (Å²) in [6.45, 7) is 0.731. The quantitative estimate of drug-likeness (QED) is 0.553. The number of guanidine groups is 1. The Bertz CT molecular complexity index is 979. The molecular weight excluding hydrogens is 400 g/mol. The molecule has 0 radical (unpaired) electrons. The van der Waals surface area contributed by atoms with Gasteiger partial charge in [-0.15, -0.1) is 0 Å². The van der Waals surface area contributed by atoms with Crippen LogP contribution >= 0.6 is 0 Å². The number of hydrogen-bond donors (Lipinski definition) is 2. The average molecular weight is 435 g/mol. The number of carbonyl (C=O) groups is 1. The fraction of sp³-hybridized carbons (Fsp3) is 0.462. The van der Waals surface area contributed by atoms with Crippen LogP contribution in [-0.4, -0.2) is 50.1 Å². The van der Waals surface area contributed by atoms with Crippen molar-refractivity contribution >= 4 is 11.9 Å². The molecule has 4 rings (SSSR count). The molecule has 6 heteroatoms. The molecule has 1 spiro atoms. The Morgan fingerprint density at radius 1 is 1.16 bits per heavy atom. The third-order valence-corrected chi connectivity index (χ3v) is 6.53. The Kier molecular flexibility index (Phi) is 6.68. The molecule has 2 N–H and O–H groups in total. The van der Waals surface area contributed by atoms with Crippen molar-refractivity contribution in [1.29, 1.82) is 0 Å². The predicted octanol–water partition coefficient (Wildman–Crippen LogP) is 3.93. The molecule has 32 heavy (non-hydrogen) atoms. The Hall–Kier alpha value is -3.02. The molecule has 2 aliphatic rings. The lowest BCUT2D eigenvalue weighted by Crippen LogP contribution is -2.47. The zero-order valence-corrected chi connectivity index (χ0v) is 19.4. The summed E-state index contributed by atoms with van der Waals surface area (Å²) >= 11 is 0. The minimum Gasteiger partial charge on any atom is -0.487 e. The van der Waals surface area contributed by atoms with E-state index in [0.717, 1.165) is 55.1 Å². The van der Waals surface area contributed by atoms with Crippen LogP contribution in [0.1, 0.15) is 59.6 Å². The smallest absolute Gasteiger partial charge is 0.253 e. The first kappa shape index (κ1) is 22.2. The first-order valence-electron chi connectivity index (χ1n) is 11.6. The molecule has 1 aliphatic carbocycles. The second-order valence-corrected chi connectivity index (χ2v) is 9.08. The van der Waals surface area contributed by atoms with Crippen molar-refractivity contribution in [3.63, 3.8) is 0 Å². The van der Waals surface area contributed by atoms with E-state index in [1.807, 2.05) is 31.3 Å². The van der Waals surface area contributed by atoms with Gasteiger partial charge < -0.3 is 20.3 Å². The van der Waals surface area contributed by atoms with Crippen LogP contribution < -0.4 is 15.4 Å². The minimum atomic E-state index is -0.0513. The van der Waals surface area contributed by atoms with Crippen molar-refractivity contribution in [2.75, 3.05) is 27.7 Å². The number of ether oxygens (including phenoxy) is 1. The van der Waals surface area contributed by atoms with Crippen molar-refractivity contribution in [3.05, 3.63) is 65.2 Å². The molecule has 1 fully saturated rings. The van der Waals surface area contributed by atoms with Crippen molar-refractivity contribution < 1.29 is 9.53 Å². The number of amides is 1. The van der Waals surface area contributed by atoms with Gasteiger partial charge in [0.05, 0.1) is 6.04 Å². The maximum atomic E-state index is 12.2. The summed E-state index contributed by atoms with van der Waals surface area (Å²) in [6.07, 6.45) is 6.47. The number of hydrogen-bond acceptors (Lipinski definition) is 3. The van der Waals surface area contributed by atoms with Gasteiger partial charge in [0.15, 0.2) is 5.96 Å². The van der Waals surface area contributed by atoms with Crippen molar-refractivity contribution in [2.24, 2.45) is 4.99 Å². The van der Waals surface area contributed by atoms with Crippen molar-refractivity contribution in [1.82, 2.24) is 15.5 Å². The van der Waals surface area contributed by atoms with Gasteiger partial charge in [-0.05, 0) is 55.9 Å². The molecule has 1 amide bonds. The van der Waals surface area contributed by atoms with Crippen LogP contribution in [0.2, 0.25) is 0 Å². The van der Waals surface area contributed by atoms with Gasteiger partial charge in [0, 0.05) is 45.2 Å². The lowest BCUT2D eigenvalue weighted by Gasteiger charge is -2.40. The van der Waals surface area contributed by atoms with Crippen LogP contribution in [0.15, 0.2) is 53.5 Å². The highest BCUT2D eigenvalue weighted by Gasteiger charge is 2.43. The van der Waals surface area contributed by atoms with E-state index in [4.69, 9.17) is 4.74 Å². The third-order valence-electron chi connectivity index (χ3n) is 6.53. The van der Waals surface area contributed by atoms with E-state index in [1.165, 1.54) is 18.4 Å². The molecule has 1 saturated carbocycles. The van der Waals surface area contributed by atoms with Crippen molar-refractivity contribution in [2.45, 2.75) is 50.2 Å². The highest BCUT2D eigenvalue weighted by Crippen LogP contribution is 2.46. The average Bonchev–Trinajstić information content (AvgIpc) is 3.25. The third kappa shape index (κ3) is 4.90. The minimum absolute atomic E-state index is 0.0244. The van der Waals surface area contributed by atoms with Crippen LogP contribution in [0, 0.1) is 0 Å². The van der Waals surface area contributed by atoms with E-state index in [2.05, 4.69) is 39.9 Å². The highest BCUT2D eigenvalue weighted by atomic mass is 16.5. The fourth-order valence-corrected chi connectivity index (χ4v) is 4.88. The first-order valence-corrected chi connectivity index (χ1v) is 11.6. The van der Waals surface area contributed by atoms with E-state index in [1.54, 1.807) is 19.0 Å². The van der Waals surface area contributed by atoms with Gasteiger partial charge in [-0.25, -0.2) is 0 Å². The topological polar surface area (TPSA) is 66.0 Å². The van der Waals surface area contributed by atoms with Gasteiger partial charge in [0.2, 0.25) is 0 Å². The summed E-state index contributed by atoms with van der Waals surface area (Å²) in [6, 6.07) is 16.4. The Morgan fingerprint density at radius 3 is 2.69 bits per heavy atom. The molecule has 0 aromatic heterocycles. The monoisotopic (exact) mass is 434 g/mol. The van der Waals surface area contributed by atoms with Gasteiger partial charge in [-0.3, -0.25) is 9.79 Å². The molecule has 2 aromatic rings. The second kappa shape index (κ2) is 9.63. The Labute approximate surface area is 191 Å². The van der Waals surface area contributed by atoms with Crippen LogP contribution in [0.25, 0.3) is 0 Å². The Morgan fingerprint density at radius 2 is 1.94 bits per heavy atom. The zero-order valence-electron chi connectivity index (χ0n) is 19.4. The lowest BCUT2D eigenvalue weighted by atomic mass is 9.86. The van der Waals surface area contributed by atoms with Crippen LogP contribution in [0.3, 0.4) is 0 Å². The lowest BCUT2D eigenvalue weighted by molar-refractivity contribution is 0.0396. The molecule has 1 unspecified atom stereocenters. The van der Waals surface area contributed by atoms with Gasteiger partial charge >= 0.3 is 0 Å². The molecule has 0 bridgehead atoms. The van der Waals surface area contributed by atoms with Crippen molar-refractivity contribution in [3.8, 4) is 5.75 Å². The second-order valence-electron chi connectivity index (χ2n) is 9.08. The number of carbonyl (C=O) groups excluding carboxylic acids is 1. The van der Waals surface area contributed by atoms with E-state index in [0.29, 0.717) is 0 Å². The van der Waals surface area contributed by atoms with Crippen LogP contribution in [0.5, 0.6) is 5.75 Å². The fourth-order valence-electron chi connectivity index (χ4n) is 4.88. The predicted molar refractivity (Wildman–Crippen MR) is 128 cm³/mol. The number of aliphatic imine (C=N–C) groups is 1. The van der Waals surface area contributed by atoms with E-state index < -0.39 is 0 Å². The molecule has 2 aromatic carbocycles. The first-order chi connectivity index (χ1) is 15.5. The molecule has 170 valence electrons. The highest BCUT2D eigenvalue weighted by molar-refractivity contribution is 5.94. The summed E-state index contributed by atoms with van der Waals surface area (Å²) in [5.41, 5.74) is 2.99. The van der Waals surface area contributed by atoms with Gasteiger partial charge in [0.25, 0.3) is 5.91 Å². The molecule has 6 nitrogen and oxygen atoms in total. The summed E-state index contributed by atoms with van der Waals surface area (Å²) in [5.74, 6) is 1.81. The number of nitrogens with one attached hydrogen (secondary N) is 2. The largest absolute Gasteiger partial charge is 0.487 e. The number of fused-ring (bicyclic) bond motifs is 1. The van der Waals surface area contributed by atoms with E-state index in [9.17, 15) is 4.79 Å².